The first-order valence-corrected chi connectivity index (χ1v) is 9.15. The van der Waals surface area contributed by atoms with Crippen molar-refractivity contribution in [1.82, 2.24) is 15.1 Å². The molecule has 2 saturated heterocycles. The molecule has 0 saturated carbocycles. The predicted molar refractivity (Wildman–Crippen MR) is 94.8 cm³/mol. The van der Waals surface area contributed by atoms with Gasteiger partial charge < -0.3 is 15.0 Å². The highest BCUT2D eigenvalue weighted by Gasteiger charge is 2.40. The molecule has 144 valence electrons. The van der Waals surface area contributed by atoms with Crippen LogP contribution in [-0.2, 0) is 11.3 Å². The van der Waals surface area contributed by atoms with E-state index in [-0.39, 0.29) is 23.5 Å². The Morgan fingerprint density at radius 1 is 1.35 bits per heavy atom. The average molecular weight is 367 g/mol. The van der Waals surface area contributed by atoms with E-state index in [0.717, 1.165) is 44.8 Å². The monoisotopic (exact) mass is 367 g/mol. The first-order chi connectivity index (χ1) is 12.4. The molecule has 2 heterocycles. The fourth-order valence-electron chi connectivity index (χ4n) is 3.83. The van der Waals surface area contributed by atoms with Gasteiger partial charge in [-0.15, -0.1) is 0 Å². The van der Waals surface area contributed by atoms with E-state index in [1.807, 2.05) is 0 Å². The number of benzene rings is 1. The number of carbonyl (C=O) groups is 1. The molecule has 0 aromatic heterocycles. The Hall–Kier alpha value is -1.73. The van der Waals surface area contributed by atoms with Crippen molar-refractivity contribution >= 4 is 6.03 Å². The van der Waals surface area contributed by atoms with Gasteiger partial charge in [-0.05, 0) is 43.9 Å². The van der Waals surface area contributed by atoms with Gasteiger partial charge in [-0.25, -0.2) is 13.6 Å². The molecule has 2 fully saturated rings. The number of rotatable bonds is 3. The second kappa shape index (κ2) is 7.88. The van der Waals surface area contributed by atoms with Gasteiger partial charge in [-0.2, -0.15) is 0 Å². The van der Waals surface area contributed by atoms with Crippen molar-refractivity contribution in [2.24, 2.45) is 0 Å². The van der Waals surface area contributed by atoms with E-state index in [2.05, 4.69) is 10.2 Å². The minimum absolute atomic E-state index is 0.0777. The third-order valence-corrected chi connectivity index (χ3v) is 5.40. The lowest BCUT2D eigenvalue weighted by atomic mass is 9.82. The van der Waals surface area contributed by atoms with Gasteiger partial charge in [-0.3, -0.25) is 4.90 Å². The molecule has 2 aliphatic heterocycles. The number of carbonyl (C=O) groups excluding carboxylic acids is 1. The highest BCUT2D eigenvalue weighted by Crippen LogP contribution is 2.35. The van der Waals surface area contributed by atoms with Crippen LogP contribution in [0.5, 0.6) is 0 Å². The molecule has 0 radical (unpaired) electrons. The van der Waals surface area contributed by atoms with Gasteiger partial charge in [-0.1, -0.05) is 0 Å². The number of urea groups is 1. The minimum atomic E-state index is -0.412. The molecular formula is C19H27F2N3O2. The Balaban J connectivity index is 1.55. The third-order valence-electron chi connectivity index (χ3n) is 5.40. The molecular weight excluding hydrogens is 340 g/mol. The van der Waals surface area contributed by atoms with Gasteiger partial charge in [0.15, 0.2) is 0 Å². The second-order valence-corrected chi connectivity index (χ2v) is 7.58. The fraction of sp³-hybridized carbons (Fsp3) is 0.632. The molecule has 3 rings (SSSR count). The van der Waals surface area contributed by atoms with Crippen LogP contribution in [0.4, 0.5) is 13.6 Å². The van der Waals surface area contributed by atoms with Crippen LogP contribution in [0.25, 0.3) is 0 Å². The first-order valence-electron chi connectivity index (χ1n) is 9.15. The zero-order valence-corrected chi connectivity index (χ0v) is 15.4. The standard InChI is InChI=1S/C19H27F2N3O2/c1-23(2)18(25)22-16-5-10-26-19(12-16)6-8-24(9-7-19)13-14-11-15(20)3-4-17(14)21/h3-4,11,16H,5-10,12-13H2,1-2H3,(H,22,25). The quantitative estimate of drug-likeness (QED) is 0.894. The minimum Gasteiger partial charge on any atom is -0.375 e. The van der Waals surface area contributed by atoms with Crippen molar-refractivity contribution in [3.63, 3.8) is 0 Å². The maximum absolute atomic E-state index is 13.8. The van der Waals surface area contributed by atoms with E-state index >= 15 is 0 Å². The van der Waals surface area contributed by atoms with Crippen molar-refractivity contribution in [3.8, 4) is 0 Å². The molecule has 1 spiro atoms. The maximum atomic E-state index is 13.8. The molecule has 2 amide bonds. The first kappa shape index (κ1) is 19.0. The number of halogens is 2. The average Bonchev–Trinajstić information content (AvgIpc) is 2.60. The Labute approximate surface area is 153 Å². The van der Waals surface area contributed by atoms with Crippen molar-refractivity contribution in [2.75, 3.05) is 33.8 Å². The smallest absolute Gasteiger partial charge is 0.317 e. The summed E-state index contributed by atoms with van der Waals surface area (Å²) in [5.74, 6) is -0.781. The van der Waals surface area contributed by atoms with Crippen LogP contribution in [0.2, 0.25) is 0 Å². The number of hydrogen-bond acceptors (Lipinski definition) is 3. The number of nitrogens with one attached hydrogen (secondary N) is 1. The van der Waals surface area contributed by atoms with Gasteiger partial charge >= 0.3 is 6.03 Å². The van der Waals surface area contributed by atoms with Crippen LogP contribution >= 0.6 is 0 Å². The van der Waals surface area contributed by atoms with Gasteiger partial charge in [0.2, 0.25) is 0 Å². The maximum Gasteiger partial charge on any atom is 0.317 e. The number of amides is 2. The van der Waals surface area contributed by atoms with Crippen LogP contribution < -0.4 is 5.32 Å². The SMILES string of the molecule is CN(C)C(=O)NC1CCOC2(CCN(Cc3cc(F)ccc3F)CC2)C1. The van der Waals surface area contributed by atoms with Crippen LogP contribution in [0.1, 0.15) is 31.2 Å². The Bertz CT molecular complexity index is 646. The molecule has 1 N–H and O–H groups in total. The number of hydrogen-bond donors (Lipinski definition) is 1. The Morgan fingerprint density at radius 2 is 2.08 bits per heavy atom. The summed E-state index contributed by atoms with van der Waals surface area (Å²) < 4.78 is 33.3. The van der Waals surface area contributed by atoms with Gasteiger partial charge in [0.05, 0.1) is 5.60 Å². The molecule has 1 aromatic carbocycles. The number of piperidine rings is 1. The van der Waals surface area contributed by atoms with Crippen molar-refractivity contribution in [1.29, 1.82) is 0 Å². The summed E-state index contributed by atoms with van der Waals surface area (Å²) in [4.78, 5) is 15.6. The van der Waals surface area contributed by atoms with Gasteiger partial charge in [0, 0.05) is 51.9 Å². The summed E-state index contributed by atoms with van der Waals surface area (Å²) in [7, 11) is 3.46. The van der Waals surface area contributed by atoms with E-state index in [4.69, 9.17) is 4.74 Å². The molecule has 0 bridgehead atoms. The molecule has 0 aliphatic carbocycles. The molecule has 7 heteroatoms. The van der Waals surface area contributed by atoms with Crippen molar-refractivity contribution in [2.45, 2.75) is 43.9 Å². The summed E-state index contributed by atoms with van der Waals surface area (Å²) in [6.45, 7) is 2.58. The highest BCUT2D eigenvalue weighted by atomic mass is 19.1. The zero-order valence-electron chi connectivity index (χ0n) is 15.4. The molecule has 1 atom stereocenters. The van der Waals surface area contributed by atoms with E-state index in [0.29, 0.717) is 18.7 Å². The lowest BCUT2D eigenvalue weighted by Crippen LogP contribution is -2.54. The van der Waals surface area contributed by atoms with E-state index in [1.54, 1.807) is 14.1 Å². The number of ether oxygens (including phenoxy) is 1. The topological polar surface area (TPSA) is 44.8 Å². The normalized spacial score (nSPS) is 23.0. The lowest BCUT2D eigenvalue weighted by Gasteiger charge is -2.46. The molecule has 1 aromatic rings. The summed E-state index contributed by atoms with van der Waals surface area (Å²) in [6.07, 6.45) is 3.28. The van der Waals surface area contributed by atoms with Gasteiger partial charge in [0.25, 0.3) is 0 Å². The fourth-order valence-corrected chi connectivity index (χ4v) is 3.83. The van der Waals surface area contributed by atoms with Crippen molar-refractivity contribution < 1.29 is 18.3 Å². The van der Waals surface area contributed by atoms with Crippen molar-refractivity contribution in [3.05, 3.63) is 35.4 Å². The summed E-state index contributed by atoms with van der Waals surface area (Å²) >= 11 is 0. The summed E-state index contributed by atoms with van der Waals surface area (Å²) in [6, 6.07) is 3.63. The highest BCUT2D eigenvalue weighted by molar-refractivity contribution is 5.73. The Morgan fingerprint density at radius 3 is 2.77 bits per heavy atom. The molecule has 2 aliphatic rings. The zero-order chi connectivity index (χ0) is 18.7. The molecule has 1 unspecified atom stereocenters. The molecule has 26 heavy (non-hydrogen) atoms. The number of nitrogens with zero attached hydrogens (tertiary/aromatic N) is 2. The van der Waals surface area contributed by atoms with Crippen LogP contribution in [0.15, 0.2) is 18.2 Å². The van der Waals surface area contributed by atoms with Crippen LogP contribution in [0, 0.1) is 11.6 Å². The third kappa shape index (κ3) is 4.51. The largest absolute Gasteiger partial charge is 0.375 e. The van der Waals surface area contributed by atoms with E-state index in [9.17, 15) is 13.6 Å². The van der Waals surface area contributed by atoms with Crippen LogP contribution in [0.3, 0.4) is 0 Å². The van der Waals surface area contributed by atoms with Crippen LogP contribution in [-0.4, -0.2) is 61.3 Å². The Kier molecular flexibility index (Phi) is 5.77. The molecule has 5 nitrogen and oxygen atoms in total. The summed E-state index contributed by atoms with van der Waals surface area (Å²) in [5, 5.41) is 3.06. The van der Waals surface area contributed by atoms with E-state index in [1.165, 1.54) is 17.0 Å². The van der Waals surface area contributed by atoms with Gasteiger partial charge in [0.1, 0.15) is 11.6 Å². The predicted octanol–water partition coefficient (Wildman–Crippen LogP) is 2.75. The summed E-state index contributed by atoms with van der Waals surface area (Å²) in [5.41, 5.74) is 0.168. The second-order valence-electron chi connectivity index (χ2n) is 7.58. The number of likely N-dealkylation sites (tertiary alicyclic amines) is 1. The van der Waals surface area contributed by atoms with E-state index < -0.39 is 5.82 Å². The lowest BCUT2D eigenvalue weighted by molar-refractivity contribution is -0.119.